The van der Waals surface area contributed by atoms with Gasteiger partial charge in [-0.25, -0.2) is 9.59 Å². The van der Waals surface area contributed by atoms with Gasteiger partial charge >= 0.3 is 18.0 Å². The van der Waals surface area contributed by atoms with Gasteiger partial charge in [-0.1, -0.05) is 12.1 Å². The van der Waals surface area contributed by atoms with Crippen molar-refractivity contribution in [1.82, 2.24) is 14.5 Å². The molecule has 1 saturated heterocycles. The maximum Gasteiger partial charge on any atom is 0.416 e. The molecular weight excluding hydrogens is 387 g/mol. The lowest BCUT2D eigenvalue weighted by atomic mass is 10.1. The molecule has 0 saturated carbocycles. The Morgan fingerprint density at radius 1 is 1.17 bits per heavy atom. The van der Waals surface area contributed by atoms with Crippen LogP contribution in [-0.2, 0) is 10.9 Å². The van der Waals surface area contributed by atoms with E-state index in [1.165, 1.54) is 16.7 Å². The fourth-order valence-electron chi connectivity index (χ4n) is 3.34. The summed E-state index contributed by atoms with van der Waals surface area (Å²) in [6.45, 7) is 6.27. The molecule has 1 N–H and O–H groups in total. The van der Waals surface area contributed by atoms with Gasteiger partial charge in [-0.2, -0.15) is 13.2 Å². The fourth-order valence-corrected chi connectivity index (χ4v) is 3.34. The summed E-state index contributed by atoms with van der Waals surface area (Å²) in [4.78, 5) is 28.8. The first-order valence-corrected chi connectivity index (χ1v) is 9.41. The maximum atomic E-state index is 12.9. The van der Waals surface area contributed by atoms with Crippen molar-refractivity contribution in [1.29, 1.82) is 0 Å². The summed E-state index contributed by atoms with van der Waals surface area (Å²) in [6, 6.07) is 4.70. The van der Waals surface area contributed by atoms with Crippen molar-refractivity contribution in [3.63, 3.8) is 0 Å². The van der Waals surface area contributed by atoms with Crippen molar-refractivity contribution in [3.05, 3.63) is 46.5 Å². The summed E-state index contributed by atoms with van der Waals surface area (Å²) in [5.74, 6) is 0. The number of nitrogens with zero attached hydrogens (tertiary/aromatic N) is 2. The SMILES string of the molecule is CC(C)(C)OC(=O)N1CCC(n2cc(-c3cccc(C(F)(F)F)c3)[nH]c2=O)CC1. The predicted octanol–water partition coefficient (Wildman–Crippen LogP) is 4.43. The average Bonchev–Trinajstić information content (AvgIpc) is 3.02. The zero-order valence-corrected chi connectivity index (χ0v) is 16.5. The number of H-pyrrole nitrogens is 1. The Morgan fingerprint density at radius 2 is 1.83 bits per heavy atom. The number of nitrogens with one attached hydrogen (secondary N) is 1. The molecular formula is C20H24F3N3O3. The summed E-state index contributed by atoms with van der Waals surface area (Å²) in [5.41, 5.74) is -1.11. The predicted molar refractivity (Wildman–Crippen MR) is 102 cm³/mol. The number of piperidine rings is 1. The largest absolute Gasteiger partial charge is 0.444 e. The second kappa shape index (κ2) is 7.61. The molecule has 1 aliphatic rings. The van der Waals surface area contributed by atoms with E-state index >= 15 is 0 Å². The van der Waals surface area contributed by atoms with Gasteiger partial charge in [0.05, 0.1) is 11.3 Å². The number of benzene rings is 1. The van der Waals surface area contributed by atoms with Crippen molar-refractivity contribution < 1.29 is 22.7 Å². The van der Waals surface area contributed by atoms with E-state index in [0.717, 1.165) is 12.1 Å². The van der Waals surface area contributed by atoms with Gasteiger partial charge in [0, 0.05) is 30.9 Å². The number of carbonyl (C=O) groups excluding carboxylic acids is 1. The molecule has 3 rings (SSSR count). The molecule has 1 aromatic carbocycles. The molecule has 1 aromatic heterocycles. The zero-order chi connectivity index (χ0) is 21.4. The van der Waals surface area contributed by atoms with Crippen molar-refractivity contribution in [2.75, 3.05) is 13.1 Å². The first-order valence-electron chi connectivity index (χ1n) is 9.41. The number of likely N-dealkylation sites (tertiary alicyclic amines) is 1. The first kappa shape index (κ1) is 21.0. The molecule has 0 bridgehead atoms. The molecule has 1 amide bonds. The average molecular weight is 411 g/mol. The van der Waals surface area contributed by atoms with Crippen LogP contribution in [0.2, 0.25) is 0 Å². The summed E-state index contributed by atoms with van der Waals surface area (Å²) >= 11 is 0. The highest BCUT2D eigenvalue weighted by atomic mass is 19.4. The third kappa shape index (κ3) is 5.02. The normalized spacial score (nSPS) is 16.1. The summed E-state index contributed by atoms with van der Waals surface area (Å²) in [6.07, 6.45) is -2.18. The Morgan fingerprint density at radius 3 is 2.41 bits per heavy atom. The molecule has 0 aliphatic carbocycles. The molecule has 6 nitrogen and oxygen atoms in total. The van der Waals surface area contributed by atoms with Crippen LogP contribution in [0, 0.1) is 0 Å². The van der Waals surface area contributed by atoms with E-state index in [-0.39, 0.29) is 17.8 Å². The van der Waals surface area contributed by atoms with Gasteiger partial charge in [0.1, 0.15) is 5.60 Å². The molecule has 158 valence electrons. The number of carbonyl (C=O) groups is 1. The van der Waals surface area contributed by atoms with E-state index in [0.29, 0.717) is 37.2 Å². The topological polar surface area (TPSA) is 67.3 Å². The Balaban J connectivity index is 1.72. The molecule has 0 radical (unpaired) electrons. The minimum Gasteiger partial charge on any atom is -0.444 e. The summed E-state index contributed by atoms with van der Waals surface area (Å²) < 4.78 is 45.7. The minimum atomic E-state index is -4.45. The molecule has 1 aliphatic heterocycles. The number of aromatic nitrogens is 2. The van der Waals surface area contributed by atoms with Crippen molar-refractivity contribution in [3.8, 4) is 11.3 Å². The van der Waals surface area contributed by atoms with E-state index in [1.807, 2.05) is 0 Å². The molecule has 0 spiro atoms. The van der Waals surface area contributed by atoms with Gasteiger partial charge in [-0.15, -0.1) is 0 Å². The molecule has 9 heteroatoms. The molecule has 0 unspecified atom stereocenters. The van der Waals surface area contributed by atoms with Gasteiger partial charge < -0.3 is 14.6 Å². The second-order valence-electron chi connectivity index (χ2n) is 8.16. The van der Waals surface area contributed by atoms with E-state index < -0.39 is 17.3 Å². The van der Waals surface area contributed by atoms with E-state index in [4.69, 9.17) is 4.74 Å². The number of amides is 1. The molecule has 2 heterocycles. The minimum absolute atomic E-state index is 0.142. The van der Waals surface area contributed by atoms with Gasteiger partial charge in [-0.3, -0.25) is 4.57 Å². The van der Waals surface area contributed by atoms with Crippen molar-refractivity contribution in [2.24, 2.45) is 0 Å². The summed E-state index contributed by atoms with van der Waals surface area (Å²) in [7, 11) is 0. The van der Waals surface area contributed by atoms with E-state index in [1.54, 1.807) is 31.9 Å². The quantitative estimate of drug-likeness (QED) is 0.795. The molecule has 0 atom stereocenters. The highest BCUT2D eigenvalue weighted by molar-refractivity contribution is 5.68. The molecule has 29 heavy (non-hydrogen) atoms. The van der Waals surface area contributed by atoms with E-state index in [9.17, 15) is 22.8 Å². The number of aromatic amines is 1. The summed E-state index contributed by atoms with van der Waals surface area (Å²) in [5, 5.41) is 0. The highest BCUT2D eigenvalue weighted by Gasteiger charge is 2.31. The first-order chi connectivity index (χ1) is 13.4. The third-order valence-electron chi connectivity index (χ3n) is 4.75. The zero-order valence-electron chi connectivity index (χ0n) is 16.5. The van der Waals surface area contributed by atoms with Gasteiger partial charge in [0.2, 0.25) is 0 Å². The van der Waals surface area contributed by atoms with Crippen LogP contribution in [0.15, 0.2) is 35.3 Å². The van der Waals surface area contributed by atoms with Crippen molar-refractivity contribution >= 4 is 6.09 Å². The lowest BCUT2D eigenvalue weighted by Crippen LogP contribution is -2.42. The van der Waals surface area contributed by atoms with Crippen LogP contribution >= 0.6 is 0 Å². The number of halogens is 3. The van der Waals surface area contributed by atoms with Crippen LogP contribution < -0.4 is 5.69 Å². The Labute approximate surface area is 166 Å². The standard InChI is InChI=1S/C20H24F3N3O3/c1-19(2,3)29-18(28)25-9-7-15(8-10-25)26-12-16(24-17(26)27)13-5-4-6-14(11-13)20(21,22)23/h4-6,11-12,15H,7-10H2,1-3H3,(H,24,27). The van der Waals surface area contributed by atoms with Crippen LogP contribution in [0.3, 0.4) is 0 Å². The van der Waals surface area contributed by atoms with Crippen LogP contribution in [0.5, 0.6) is 0 Å². The number of hydrogen-bond donors (Lipinski definition) is 1. The fraction of sp³-hybridized carbons (Fsp3) is 0.500. The van der Waals surface area contributed by atoms with Crippen LogP contribution in [0.4, 0.5) is 18.0 Å². The lowest BCUT2D eigenvalue weighted by Gasteiger charge is -2.33. The molecule has 1 fully saturated rings. The van der Waals surface area contributed by atoms with Crippen LogP contribution in [0.1, 0.15) is 45.2 Å². The monoisotopic (exact) mass is 411 g/mol. The highest BCUT2D eigenvalue weighted by Crippen LogP contribution is 2.32. The number of imidazole rings is 1. The molecule has 2 aromatic rings. The smallest absolute Gasteiger partial charge is 0.416 e. The number of ether oxygens (including phenoxy) is 1. The number of alkyl halides is 3. The Hall–Kier alpha value is -2.71. The van der Waals surface area contributed by atoms with Crippen LogP contribution in [-0.4, -0.2) is 39.2 Å². The maximum absolute atomic E-state index is 12.9. The van der Waals surface area contributed by atoms with Gasteiger partial charge in [0.15, 0.2) is 0 Å². The Bertz CT molecular complexity index is 933. The van der Waals surface area contributed by atoms with Gasteiger partial charge in [-0.05, 0) is 45.7 Å². The third-order valence-corrected chi connectivity index (χ3v) is 4.75. The second-order valence-corrected chi connectivity index (χ2v) is 8.16. The van der Waals surface area contributed by atoms with E-state index in [2.05, 4.69) is 4.98 Å². The van der Waals surface area contributed by atoms with Gasteiger partial charge in [0.25, 0.3) is 0 Å². The number of hydrogen-bond acceptors (Lipinski definition) is 3. The Kier molecular flexibility index (Phi) is 5.51. The lowest BCUT2D eigenvalue weighted by molar-refractivity contribution is -0.137. The van der Waals surface area contributed by atoms with Crippen LogP contribution in [0.25, 0.3) is 11.3 Å². The number of rotatable bonds is 2. The van der Waals surface area contributed by atoms with Crippen molar-refractivity contribution in [2.45, 2.75) is 51.4 Å².